The number of aromatic amines is 1. The van der Waals surface area contributed by atoms with E-state index in [1.54, 1.807) is 6.20 Å². The van der Waals surface area contributed by atoms with Gasteiger partial charge in [-0.2, -0.15) is 10.2 Å². The van der Waals surface area contributed by atoms with Crippen LogP contribution in [-0.4, -0.2) is 31.5 Å². The summed E-state index contributed by atoms with van der Waals surface area (Å²) in [6.07, 6.45) is 4.71. The van der Waals surface area contributed by atoms with Gasteiger partial charge in [0.1, 0.15) is 17.2 Å². The van der Waals surface area contributed by atoms with E-state index < -0.39 is 0 Å². The van der Waals surface area contributed by atoms with Crippen LogP contribution in [0.2, 0.25) is 5.02 Å². The van der Waals surface area contributed by atoms with E-state index in [2.05, 4.69) is 25.6 Å². The van der Waals surface area contributed by atoms with Gasteiger partial charge in [0.25, 0.3) is 5.56 Å². The summed E-state index contributed by atoms with van der Waals surface area (Å²) in [6, 6.07) is 0. The van der Waals surface area contributed by atoms with Crippen molar-refractivity contribution in [3.63, 3.8) is 0 Å². The molecule has 0 radical (unpaired) electrons. The van der Waals surface area contributed by atoms with Gasteiger partial charge >= 0.3 is 0 Å². The predicted molar refractivity (Wildman–Crippen MR) is 81.5 cm³/mol. The van der Waals surface area contributed by atoms with Crippen LogP contribution in [0.3, 0.4) is 0 Å². The number of hydrogen-bond donors (Lipinski definition) is 2. The minimum atomic E-state index is -0.259. The van der Waals surface area contributed by atoms with Crippen molar-refractivity contribution >= 4 is 17.3 Å². The van der Waals surface area contributed by atoms with E-state index in [9.17, 15) is 4.79 Å². The third-order valence-corrected chi connectivity index (χ3v) is 3.26. The zero-order valence-electron chi connectivity index (χ0n) is 12.1. The summed E-state index contributed by atoms with van der Waals surface area (Å²) in [4.78, 5) is 16.1. The fourth-order valence-electron chi connectivity index (χ4n) is 1.89. The molecule has 0 fully saturated rings. The van der Waals surface area contributed by atoms with Gasteiger partial charge in [-0.25, -0.2) is 9.67 Å². The highest BCUT2D eigenvalue weighted by Gasteiger charge is 2.09. The van der Waals surface area contributed by atoms with Crippen LogP contribution in [-0.2, 0) is 13.0 Å². The second kappa shape index (κ2) is 7.21. The molecule has 0 spiro atoms. The first-order valence-electron chi connectivity index (χ1n) is 6.91. The van der Waals surface area contributed by atoms with Crippen LogP contribution in [0.25, 0.3) is 0 Å². The Hall–Kier alpha value is -1.89. The summed E-state index contributed by atoms with van der Waals surface area (Å²) >= 11 is 6.10. The first kappa shape index (κ1) is 15.5. The van der Waals surface area contributed by atoms with Gasteiger partial charge in [0.05, 0.1) is 11.9 Å². The monoisotopic (exact) mass is 310 g/mol. The molecule has 2 rings (SSSR count). The molecule has 0 aliphatic rings. The van der Waals surface area contributed by atoms with E-state index in [0.717, 1.165) is 18.7 Å². The van der Waals surface area contributed by atoms with Gasteiger partial charge in [-0.1, -0.05) is 25.4 Å². The highest BCUT2D eigenvalue weighted by Crippen LogP contribution is 2.15. The van der Waals surface area contributed by atoms with Gasteiger partial charge in [-0.3, -0.25) is 9.89 Å². The minimum Gasteiger partial charge on any atom is -0.382 e. The quantitative estimate of drug-likeness (QED) is 0.760. The van der Waals surface area contributed by atoms with Crippen LogP contribution in [0.5, 0.6) is 0 Å². The van der Waals surface area contributed by atoms with Crippen LogP contribution in [0.15, 0.2) is 17.3 Å². The van der Waals surface area contributed by atoms with E-state index in [4.69, 9.17) is 11.6 Å². The summed E-state index contributed by atoms with van der Waals surface area (Å²) in [5.41, 5.74) is 0.310. The lowest BCUT2D eigenvalue weighted by molar-refractivity contribution is 0.464. The van der Waals surface area contributed by atoms with E-state index >= 15 is 0 Å². The highest BCUT2D eigenvalue weighted by atomic mass is 35.5. The van der Waals surface area contributed by atoms with E-state index in [0.29, 0.717) is 24.7 Å². The van der Waals surface area contributed by atoms with Crippen molar-refractivity contribution in [1.29, 1.82) is 0 Å². The predicted octanol–water partition coefficient (Wildman–Crippen LogP) is 1.72. The Labute approximate surface area is 127 Å². The van der Waals surface area contributed by atoms with Gasteiger partial charge in [0.15, 0.2) is 0 Å². The van der Waals surface area contributed by atoms with Crippen molar-refractivity contribution in [3.05, 3.63) is 33.7 Å². The normalized spacial score (nSPS) is 11.0. The molecule has 0 saturated carbocycles. The maximum atomic E-state index is 12.0. The summed E-state index contributed by atoms with van der Waals surface area (Å²) in [7, 11) is 0. The van der Waals surface area contributed by atoms with Crippen molar-refractivity contribution in [3.8, 4) is 0 Å². The number of halogens is 1. The van der Waals surface area contributed by atoms with Gasteiger partial charge in [0, 0.05) is 19.5 Å². The molecule has 2 aromatic rings. The third-order valence-electron chi connectivity index (χ3n) is 2.89. The molecule has 21 heavy (non-hydrogen) atoms. The number of rotatable bonds is 7. The number of aromatic nitrogens is 5. The van der Waals surface area contributed by atoms with E-state index in [-0.39, 0.29) is 10.6 Å². The molecule has 0 aliphatic heterocycles. The van der Waals surface area contributed by atoms with Crippen LogP contribution in [0.1, 0.15) is 26.1 Å². The minimum absolute atomic E-state index is 0.185. The number of aryl methyl sites for hydroxylation is 1. The molecular weight excluding hydrogens is 292 g/mol. The molecule has 0 atom stereocenters. The van der Waals surface area contributed by atoms with E-state index in [1.807, 2.05) is 13.8 Å². The molecule has 8 heteroatoms. The molecule has 114 valence electrons. The Bertz CT molecular complexity index is 622. The molecule has 0 bridgehead atoms. The average molecular weight is 311 g/mol. The Morgan fingerprint density at radius 1 is 1.48 bits per heavy atom. The topological polar surface area (TPSA) is 88.5 Å². The summed E-state index contributed by atoms with van der Waals surface area (Å²) in [5, 5.41) is 14.0. The summed E-state index contributed by atoms with van der Waals surface area (Å²) in [6.45, 7) is 5.29. The number of hydrogen-bond acceptors (Lipinski definition) is 5. The third kappa shape index (κ3) is 4.29. The van der Waals surface area contributed by atoms with Crippen LogP contribution >= 0.6 is 11.6 Å². The maximum absolute atomic E-state index is 12.0. The fraction of sp³-hybridized carbons (Fsp3) is 0.538. The highest BCUT2D eigenvalue weighted by molar-refractivity contribution is 6.32. The van der Waals surface area contributed by atoms with Crippen molar-refractivity contribution in [2.75, 3.05) is 11.9 Å². The van der Waals surface area contributed by atoms with Crippen LogP contribution in [0.4, 0.5) is 5.69 Å². The first-order valence-corrected chi connectivity index (χ1v) is 7.29. The lowest BCUT2D eigenvalue weighted by Gasteiger charge is -2.11. The molecule has 2 N–H and O–H groups in total. The Morgan fingerprint density at radius 2 is 2.29 bits per heavy atom. The van der Waals surface area contributed by atoms with Crippen molar-refractivity contribution in [2.24, 2.45) is 5.92 Å². The first-order chi connectivity index (χ1) is 10.1. The van der Waals surface area contributed by atoms with Crippen molar-refractivity contribution < 1.29 is 0 Å². The smallest absolute Gasteiger partial charge is 0.287 e. The van der Waals surface area contributed by atoms with Crippen LogP contribution in [0, 0.1) is 5.92 Å². The van der Waals surface area contributed by atoms with Gasteiger partial charge in [0.2, 0.25) is 0 Å². The van der Waals surface area contributed by atoms with Crippen molar-refractivity contribution in [1.82, 2.24) is 25.0 Å². The SMILES string of the molecule is CC(C)Cn1ncc(NCCCc2ncn[nH]2)c(Cl)c1=O. The van der Waals surface area contributed by atoms with Crippen molar-refractivity contribution in [2.45, 2.75) is 33.2 Å². The van der Waals surface area contributed by atoms with Gasteiger partial charge in [-0.15, -0.1) is 0 Å². The van der Waals surface area contributed by atoms with Crippen LogP contribution < -0.4 is 10.9 Å². The summed E-state index contributed by atoms with van der Waals surface area (Å²) in [5.74, 6) is 1.18. The molecule has 0 unspecified atom stereocenters. The number of nitrogens with one attached hydrogen (secondary N) is 2. The molecule has 2 aromatic heterocycles. The lowest BCUT2D eigenvalue weighted by Crippen LogP contribution is -2.26. The molecular formula is C13H19ClN6O. The summed E-state index contributed by atoms with van der Waals surface area (Å²) < 4.78 is 1.40. The Kier molecular flexibility index (Phi) is 5.32. The molecule has 2 heterocycles. The van der Waals surface area contributed by atoms with Gasteiger partial charge < -0.3 is 5.32 Å². The molecule has 0 amide bonds. The number of nitrogens with zero attached hydrogens (tertiary/aromatic N) is 4. The lowest BCUT2D eigenvalue weighted by atomic mass is 10.2. The molecule has 0 aliphatic carbocycles. The second-order valence-corrected chi connectivity index (χ2v) is 5.59. The second-order valence-electron chi connectivity index (χ2n) is 5.22. The zero-order valence-corrected chi connectivity index (χ0v) is 12.9. The van der Waals surface area contributed by atoms with E-state index in [1.165, 1.54) is 11.0 Å². The largest absolute Gasteiger partial charge is 0.382 e. The molecule has 7 nitrogen and oxygen atoms in total. The molecule has 0 saturated heterocycles. The zero-order chi connectivity index (χ0) is 15.2. The number of H-pyrrole nitrogens is 1. The Morgan fingerprint density at radius 3 is 2.95 bits per heavy atom. The molecule has 0 aromatic carbocycles. The average Bonchev–Trinajstić information content (AvgIpc) is 2.95. The fourth-order valence-corrected chi connectivity index (χ4v) is 2.11. The maximum Gasteiger partial charge on any atom is 0.287 e. The van der Waals surface area contributed by atoms with Gasteiger partial charge in [-0.05, 0) is 12.3 Å². The standard InChI is InChI=1S/C13H19ClN6O/c1-9(2)7-20-13(21)12(14)10(6-18-20)15-5-3-4-11-16-8-17-19-11/h6,8-9,15H,3-5,7H2,1-2H3,(H,16,17,19). The Balaban J connectivity index is 1.91. The number of anilines is 1.